The number of aromatic nitrogens is 1. The first-order chi connectivity index (χ1) is 10.2. The van der Waals surface area contributed by atoms with Crippen molar-refractivity contribution in [3.63, 3.8) is 0 Å². The van der Waals surface area contributed by atoms with E-state index in [1.165, 1.54) is 6.42 Å². The van der Waals surface area contributed by atoms with Crippen LogP contribution in [0.1, 0.15) is 29.6 Å². The molecule has 1 aromatic carbocycles. The molecule has 0 radical (unpaired) electrons. The summed E-state index contributed by atoms with van der Waals surface area (Å²) in [6.45, 7) is 2.12. The lowest BCUT2D eigenvalue weighted by Crippen LogP contribution is -2.36. The molecular formula is C17H22N2O2. The van der Waals surface area contributed by atoms with Gasteiger partial charge < -0.3 is 9.72 Å². The van der Waals surface area contributed by atoms with Crippen molar-refractivity contribution in [2.45, 2.75) is 25.4 Å². The third-order valence-corrected chi connectivity index (χ3v) is 4.09. The van der Waals surface area contributed by atoms with Gasteiger partial charge in [-0.3, -0.25) is 9.69 Å². The zero-order valence-electron chi connectivity index (χ0n) is 12.5. The number of para-hydroxylation sites is 1. The Morgan fingerprint density at radius 1 is 1.38 bits per heavy atom. The molecule has 1 atom stereocenters. The number of H-pyrrole nitrogens is 1. The molecule has 1 aliphatic heterocycles. The number of nitrogens with one attached hydrogen (secondary N) is 1. The molecule has 2 heterocycles. The minimum Gasteiger partial charge on any atom is -0.377 e. The van der Waals surface area contributed by atoms with Gasteiger partial charge in [-0.25, -0.2) is 0 Å². The zero-order chi connectivity index (χ0) is 14.7. The summed E-state index contributed by atoms with van der Waals surface area (Å²) in [5.74, 6) is 0.158. The Morgan fingerprint density at radius 3 is 3.05 bits per heavy atom. The summed E-state index contributed by atoms with van der Waals surface area (Å²) in [5, 5.41) is 1.00. The number of Topliss-reactive ketones (excluding diaryl/α,β-unsaturated/α-hetero) is 1. The van der Waals surface area contributed by atoms with Crippen LogP contribution in [0.5, 0.6) is 0 Å². The molecule has 21 heavy (non-hydrogen) atoms. The summed E-state index contributed by atoms with van der Waals surface area (Å²) < 4.78 is 5.73. The fourth-order valence-electron chi connectivity index (χ4n) is 3.00. The average Bonchev–Trinajstić information content (AvgIpc) is 2.92. The highest BCUT2D eigenvalue weighted by Crippen LogP contribution is 2.19. The molecule has 112 valence electrons. The Morgan fingerprint density at radius 2 is 2.24 bits per heavy atom. The van der Waals surface area contributed by atoms with Gasteiger partial charge in [0, 0.05) is 35.8 Å². The fraction of sp³-hybridized carbons (Fsp3) is 0.471. The third-order valence-electron chi connectivity index (χ3n) is 4.09. The Labute approximate surface area is 125 Å². The molecule has 1 aliphatic rings. The van der Waals surface area contributed by atoms with E-state index in [0.717, 1.165) is 42.5 Å². The van der Waals surface area contributed by atoms with Crippen LogP contribution in [-0.2, 0) is 4.74 Å². The Hall–Kier alpha value is -1.65. The van der Waals surface area contributed by atoms with Crippen LogP contribution in [-0.4, -0.2) is 48.5 Å². The molecule has 2 aromatic rings. The number of rotatable bonds is 5. The van der Waals surface area contributed by atoms with Crippen molar-refractivity contribution in [2.24, 2.45) is 0 Å². The van der Waals surface area contributed by atoms with Gasteiger partial charge in [0.2, 0.25) is 0 Å². The second-order valence-electron chi connectivity index (χ2n) is 5.86. The number of benzene rings is 1. The second-order valence-corrected chi connectivity index (χ2v) is 5.86. The Kier molecular flexibility index (Phi) is 4.36. The van der Waals surface area contributed by atoms with Crippen molar-refractivity contribution < 1.29 is 9.53 Å². The van der Waals surface area contributed by atoms with Crippen LogP contribution in [0, 0.1) is 0 Å². The molecule has 1 aromatic heterocycles. The van der Waals surface area contributed by atoms with E-state index in [2.05, 4.69) is 9.88 Å². The fourth-order valence-corrected chi connectivity index (χ4v) is 3.00. The van der Waals surface area contributed by atoms with Crippen LogP contribution >= 0.6 is 0 Å². The summed E-state index contributed by atoms with van der Waals surface area (Å²) in [5.41, 5.74) is 1.79. The van der Waals surface area contributed by atoms with Crippen molar-refractivity contribution >= 4 is 16.7 Å². The van der Waals surface area contributed by atoms with Crippen molar-refractivity contribution in [3.8, 4) is 0 Å². The van der Waals surface area contributed by atoms with Crippen LogP contribution in [0.3, 0.4) is 0 Å². The highest BCUT2D eigenvalue weighted by molar-refractivity contribution is 6.08. The minimum absolute atomic E-state index is 0.158. The summed E-state index contributed by atoms with van der Waals surface area (Å²) in [7, 11) is 1.99. The first kappa shape index (κ1) is 14.3. The van der Waals surface area contributed by atoms with Crippen molar-refractivity contribution in [3.05, 3.63) is 36.0 Å². The van der Waals surface area contributed by atoms with E-state index in [1.54, 1.807) is 0 Å². The molecule has 1 N–H and O–H groups in total. The maximum atomic E-state index is 12.5. The van der Waals surface area contributed by atoms with Gasteiger partial charge in [-0.15, -0.1) is 0 Å². The highest BCUT2D eigenvalue weighted by Gasteiger charge is 2.19. The van der Waals surface area contributed by atoms with Gasteiger partial charge >= 0.3 is 0 Å². The lowest BCUT2D eigenvalue weighted by molar-refractivity contribution is -0.000661. The SMILES string of the molecule is CN(CC(=O)c1c[nH]c2ccccc12)CC1CCCCO1. The topological polar surface area (TPSA) is 45.3 Å². The number of likely N-dealkylation sites (N-methyl/N-ethyl adjacent to an activating group) is 1. The molecule has 1 unspecified atom stereocenters. The number of fused-ring (bicyclic) bond motifs is 1. The molecule has 0 saturated carbocycles. The number of hydrogen-bond donors (Lipinski definition) is 1. The summed E-state index contributed by atoms with van der Waals surface area (Å²) >= 11 is 0. The third kappa shape index (κ3) is 3.34. The molecule has 0 amide bonds. The predicted molar refractivity (Wildman–Crippen MR) is 83.7 cm³/mol. The molecule has 4 nitrogen and oxygen atoms in total. The standard InChI is InChI=1S/C17H22N2O2/c1-19(11-13-6-4-5-9-21-13)12-17(20)15-10-18-16-8-3-2-7-14(15)16/h2-3,7-8,10,13,18H,4-6,9,11-12H2,1H3. The maximum absolute atomic E-state index is 12.5. The first-order valence-electron chi connectivity index (χ1n) is 7.63. The smallest absolute Gasteiger partial charge is 0.178 e. The van der Waals surface area contributed by atoms with Crippen molar-refractivity contribution in [1.82, 2.24) is 9.88 Å². The normalized spacial score (nSPS) is 19.2. The number of ketones is 1. The predicted octanol–water partition coefficient (Wildman–Crippen LogP) is 2.85. The van der Waals surface area contributed by atoms with Crippen molar-refractivity contribution in [2.75, 3.05) is 26.7 Å². The van der Waals surface area contributed by atoms with Gasteiger partial charge in [0.1, 0.15) is 0 Å². The van der Waals surface area contributed by atoms with Crippen LogP contribution in [0.2, 0.25) is 0 Å². The van der Waals surface area contributed by atoms with Gasteiger partial charge in [-0.2, -0.15) is 0 Å². The van der Waals surface area contributed by atoms with E-state index >= 15 is 0 Å². The molecule has 3 rings (SSSR count). The molecule has 0 bridgehead atoms. The summed E-state index contributed by atoms with van der Waals surface area (Å²) in [6.07, 6.45) is 5.59. The highest BCUT2D eigenvalue weighted by atomic mass is 16.5. The van der Waals surface area contributed by atoms with Gasteiger partial charge in [0.15, 0.2) is 5.78 Å². The van der Waals surface area contributed by atoms with Gasteiger partial charge in [0.05, 0.1) is 12.6 Å². The quantitative estimate of drug-likeness (QED) is 0.860. The minimum atomic E-state index is 0.158. The molecule has 4 heteroatoms. The summed E-state index contributed by atoms with van der Waals surface area (Å²) in [6, 6.07) is 7.92. The Bertz CT molecular complexity index is 614. The molecule has 0 aliphatic carbocycles. The van der Waals surface area contributed by atoms with E-state index in [4.69, 9.17) is 4.74 Å². The van der Waals surface area contributed by atoms with Crippen LogP contribution < -0.4 is 0 Å². The second kappa shape index (κ2) is 6.41. The first-order valence-corrected chi connectivity index (χ1v) is 7.63. The number of carbonyl (C=O) groups excluding carboxylic acids is 1. The van der Waals surface area contributed by atoms with E-state index in [0.29, 0.717) is 6.54 Å². The molecular weight excluding hydrogens is 264 g/mol. The number of hydrogen-bond acceptors (Lipinski definition) is 3. The largest absolute Gasteiger partial charge is 0.377 e. The average molecular weight is 286 g/mol. The van der Waals surface area contributed by atoms with Gasteiger partial charge in [-0.1, -0.05) is 18.2 Å². The van der Waals surface area contributed by atoms with Crippen molar-refractivity contribution in [1.29, 1.82) is 0 Å². The lowest BCUT2D eigenvalue weighted by atomic mass is 10.1. The van der Waals surface area contributed by atoms with E-state index < -0.39 is 0 Å². The number of carbonyl (C=O) groups is 1. The molecule has 1 fully saturated rings. The van der Waals surface area contributed by atoms with Gasteiger partial charge in [-0.05, 0) is 32.4 Å². The van der Waals surface area contributed by atoms with E-state index in [9.17, 15) is 4.79 Å². The van der Waals surface area contributed by atoms with Crippen LogP contribution in [0.15, 0.2) is 30.5 Å². The number of nitrogens with zero attached hydrogens (tertiary/aromatic N) is 1. The van der Waals surface area contributed by atoms with Crippen LogP contribution in [0.25, 0.3) is 10.9 Å². The van der Waals surface area contributed by atoms with E-state index in [1.807, 2.05) is 37.5 Å². The Balaban J connectivity index is 1.62. The van der Waals surface area contributed by atoms with Gasteiger partial charge in [0.25, 0.3) is 0 Å². The molecule has 0 spiro atoms. The monoisotopic (exact) mass is 286 g/mol. The lowest BCUT2D eigenvalue weighted by Gasteiger charge is -2.26. The van der Waals surface area contributed by atoms with Crippen LogP contribution in [0.4, 0.5) is 0 Å². The maximum Gasteiger partial charge on any atom is 0.178 e. The summed E-state index contributed by atoms with van der Waals surface area (Å²) in [4.78, 5) is 17.7. The number of aromatic amines is 1. The molecule has 1 saturated heterocycles. The zero-order valence-corrected chi connectivity index (χ0v) is 12.5. The van der Waals surface area contributed by atoms with E-state index in [-0.39, 0.29) is 11.9 Å². The number of ether oxygens (including phenoxy) is 1.